The lowest BCUT2D eigenvalue weighted by Gasteiger charge is -2.19. The standard InChI is InChI=1S/C8H13ClN4/c1-4-8(2,6-9)5-7-10-12-13(3)11-7/h4H,1,5-6H2,2-3H3. The Morgan fingerprint density at radius 3 is 2.77 bits per heavy atom. The van der Waals surface area contributed by atoms with Crippen LogP contribution in [-0.2, 0) is 13.5 Å². The number of alkyl halides is 1. The highest BCUT2D eigenvalue weighted by atomic mass is 35.5. The number of halogens is 1. The molecule has 0 aliphatic heterocycles. The third kappa shape index (κ3) is 2.52. The maximum Gasteiger partial charge on any atom is 0.175 e. The predicted octanol–water partition coefficient (Wildman–Crippen LogP) is 1.18. The van der Waals surface area contributed by atoms with E-state index in [0.717, 1.165) is 0 Å². The monoisotopic (exact) mass is 200 g/mol. The van der Waals surface area contributed by atoms with Crippen LogP contribution in [-0.4, -0.2) is 26.1 Å². The van der Waals surface area contributed by atoms with Gasteiger partial charge in [-0.1, -0.05) is 13.0 Å². The van der Waals surface area contributed by atoms with Crippen molar-refractivity contribution >= 4 is 11.6 Å². The van der Waals surface area contributed by atoms with Gasteiger partial charge in [-0.2, -0.15) is 4.80 Å². The van der Waals surface area contributed by atoms with Crippen LogP contribution >= 0.6 is 11.6 Å². The molecular weight excluding hydrogens is 188 g/mol. The zero-order valence-electron chi connectivity index (χ0n) is 7.87. The van der Waals surface area contributed by atoms with Crippen molar-refractivity contribution in [1.29, 1.82) is 0 Å². The maximum atomic E-state index is 5.81. The van der Waals surface area contributed by atoms with Crippen LogP contribution in [0, 0.1) is 5.41 Å². The van der Waals surface area contributed by atoms with Gasteiger partial charge in [0.1, 0.15) is 0 Å². The third-order valence-corrected chi connectivity index (χ3v) is 2.52. The van der Waals surface area contributed by atoms with E-state index in [1.807, 2.05) is 13.0 Å². The molecule has 0 radical (unpaired) electrons. The molecule has 0 amide bonds. The lowest BCUT2D eigenvalue weighted by Crippen LogP contribution is -2.19. The van der Waals surface area contributed by atoms with Gasteiger partial charge < -0.3 is 0 Å². The maximum absolute atomic E-state index is 5.81. The second-order valence-electron chi connectivity index (χ2n) is 3.36. The highest BCUT2D eigenvalue weighted by Crippen LogP contribution is 2.23. The van der Waals surface area contributed by atoms with Gasteiger partial charge in [-0.05, 0) is 5.21 Å². The van der Waals surface area contributed by atoms with Crippen LogP contribution in [0.3, 0.4) is 0 Å². The molecule has 1 rings (SSSR count). The quantitative estimate of drug-likeness (QED) is 0.542. The minimum absolute atomic E-state index is 0.148. The lowest BCUT2D eigenvalue weighted by molar-refractivity contribution is 0.470. The summed E-state index contributed by atoms with van der Waals surface area (Å²) in [6.07, 6.45) is 2.50. The molecule has 1 heterocycles. The van der Waals surface area contributed by atoms with Crippen molar-refractivity contribution in [2.45, 2.75) is 13.3 Å². The normalized spacial score (nSPS) is 15.3. The third-order valence-electron chi connectivity index (χ3n) is 1.91. The summed E-state index contributed by atoms with van der Waals surface area (Å²) in [6.45, 7) is 5.76. The van der Waals surface area contributed by atoms with Crippen LogP contribution in [0.25, 0.3) is 0 Å². The summed E-state index contributed by atoms with van der Waals surface area (Å²) in [4.78, 5) is 1.44. The minimum atomic E-state index is -0.148. The van der Waals surface area contributed by atoms with Crippen molar-refractivity contribution in [3.05, 3.63) is 18.5 Å². The topological polar surface area (TPSA) is 43.6 Å². The predicted molar refractivity (Wildman–Crippen MR) is 51.5 cm³/mol. The van der Waals surface area contributed by atoms with Crippen LogP contribution in [0.4, 0.5) is 0 Å². The first-order valence-corrected chi connectivity index (χ1v) is 4.55. The highest BCUT2D eigenvalue weighted by molar-refractivity contribution is 6.18. The van der Waals surface area contributed by atoms with Crippen molar-refractivity contribution in [3.63, 3.8) is 0 Å². The van der Waals surface area contributed by atoms with Gasteiger partial charge in [-0.3, -0.25) is 0 Å². The largest absolute Gasteiger partial charge is 0.175 e. The number of aryl methyl sites for hydroxylation is 1. The Labute approximate surface area is 82.6 Å². The van der Waals surface area contributed by atoms with Gasteiger partial charge in [-0.25, -0.2) is 0 Å². The molecule has 72 valence electrons. The molecule has 0 aliphatic carbocycles. The van der Waals surface area contributed by atoms with E-state index >= 15 is 0 Å². The number of hydrogen-bond donors (Lipinski definition) is 0. The van der Waals surface area contributed by atoms with Gasteiger partial charge in [0.25, 0.3) is 0 Å². The van der Waals surface area contributed by atoms with E-state index in [0.29, 0.717) is 18.1 Å². The Bertz CT molecular complexity index is 296. The van der Waals surface area contributed by atoms with Crippen LogP contribution in [0.5, 0.6) is 0 Å². The molecule has 0 spiro atoms. The average molecular weight is 201 g/mol. The fourth-order valence-electron chi connectivity index (χ4n) is 0.929. The molecule has 0 aromatic carbocycles. The second kappa shape index (κ2) is 3.87. The summed E-state index contributed by atoms with van der Waals surface area (Å²) in [5, 5.41) is 11.7. The SMILES string of the molecule is C=CC(C)(CCl)Cc1nnn(C)n1. The van der Waals surface area contributed by atoms with Gasteiger partial charge in [0.2, 0.25) is 0 Å². The summed E-state index contributed by atoms with van der Waals surface area (Å²) in [5.41, 5.74) is -0.148. The molecule has 1 aromatic rings. The van der Waals surface area contributed by atoms with E-state index in [4.69, 9.17) is 11.6 Å². The average Bonchev–Trinajstić information content (AvgIpc) is 2.51. The van der Waals surface area contributed by atoms with E-state index in [1.54, 1.807) is 7.05 Å². The van der Waals surface area contributed by atoms with Crippen LogP contribution in [0.2, 0.25) is 0 Å². The molecule has 0 saturated carbocycles. The van der Waals surface area contributed by atoms with Crippen molar-refractivity contribution < 1.29 is 0 Å². The summed E-state index contributed by atoms with van der Waals surface area (Å²) in [6, 6.07) is 0. The van der Waals surface area contributed by atoms with E-state index in [1.165, 1.54) is 4.80 Å². The Hall–Kier alpha value is -0.900. The first kappa shape index (κ1) is 10.2. The van der Waals surface area contributed by atoms with E-state index in [-0.39, 0.29) is 5.41 Å². The molecule has 1 unspecified atom stereocenters. The van der Waals surface area contributed by atoms with Crippen molar-refractivity contribution in [2.24, 2.45) is 12.5 Å². The molecule has 0 N–H and O–H groups in total. The Kier molecular flexibility index (Phi) is 3.03. The molecular formula is C8H13ClN4. The number of allylic oxidation sites excluding steroid dienone is 1. The Morgan fingerprint density at radius 1 is 1.69 bits per heavy atom. The fourth-order valence-corrected chi connectivity index (χ4v) is 1.13. The van der Waals surface area contributed by atoms with Gasteiger partial charge in [0.15, 0.2) is 5.82 Å². The van der Waals surface area contributed by atoms with Crippen LogP contribution in [0.15, 0.2) is 12.7 Å². The van der Waals surface area contributed by atoms with Crippen molar-refractivity contribution in [2.75, 3.05) is 5.88 Å². The summed E-state index contributed by atoms with van der Waals surface area (Å²) < 4.78 is 0. The molecule has 0 bridgehead atoms. The molecule has 0 fully saturated rings. The molecule has 4 nitrogen and oxygen atoms in total. The van der Waals surface area contributed by atoms with E-state index < -0.39 is 0 Å². The smallest absolute Gasteiger partial charge is 0.167 e. The first-order chi connectivity index (χ1) is 6.09. The molecule has 1 atom stereocenters. The van der Waals surface area contributed by atoms with Gasteiger partial charge in [0.05, 0.1) is 7.05 Å². The first-order valence-electron chi connectivity index (χ1n) is 4.02. The van der Waals surface area contributed by atoms with Gasteiger partial charge >= 0.3 is 0 Å². The molecule has 5 heteroatoms. The molecule has 0 saturated heterocycles. The van der Waals surface area contributed by atoms with Gasteiger partial charge in [-0.15, -0.1) is 28.4 Å². The molecule has 1 aromatic heterocycles. The zero-order valence-corrected chi connectivity index (χ0v) is 8.62. The Balaban J connectivity index is 2.72. The minimum Gasteiger partial charge on any atom is -0.167 e. The summed E-state index contributed by atoms with van der Waals surface area (Å²) >= 11 is 5.81. The Morgan fingerprint density at radius 2 is 2.38 bits per heavy atom. The highest BCUT2D eigenvalue weighted by Gasteiger charge is 2.21. The van der Waals surface area contributed by atoms with E-state index in [2.05, 4.69) is 22.0 Å². The number of tetrazole rings is 1. The zero-order chi connectivity index (χ0) is 9.90. The fraction of sp³-hybridized carbons (Fsp3) is 0.625. The van der Waals surface area contributed by atoms with Crippen molar-refractivity contribution in [3.8, 4) is 0 Å². The second-order valence-corrected chi connectivity index (χ2v) is 3.63. The van der Waals surface area contributed by atoms with Gasteiger partial charge in [0, 0.05) is 17.7 Å². The van der Waals surface area contributed by atoms with Crippen LogP contribution in [0.1, 0.15) is 12.7 Å². The molecule has 13 heavy (non-hydrogen) atoms. The van der Waals surface area contributed by atoms with E-state index in [9.17, 15) is 0 Å². The number of hydrogen-bond acceptors (Lipinski definition) is 3. The molecule has 0 aliphatic rings. The number of nitrogens with zero attached hydrogens (tertiary/aromatic N) is 4. The number of rotatable bonds is 4. The van der Waals surface area contributed by atoms with Crippen LogP contribution < -0.4 is 0 Å². The summed E-state index contributed by atoms with van der Waals surface area (Å²) in [5.74, 6) is 1.21. The lowest BCUT2D eigenvalue weighted by atomic mass is 9.89. The summed E-state index contributed by atoms with van der Waals surface area (Å²) in [7, 11) is 1.74. The number of aromatic nitrogens is 4. The van der Waals surface area contributed by atoms with Crippen molar-refractivity contribution in [1.82, 2.24) is 20.2 Å².